The number of phenolic OH excluding ortho intramolecular Hbond substituents is 1. The van der Waals surface area contributed by atoms with Gasteiger partial charge in [0.1, 0.15) is 5.58 Å². The lowest BCUT2D eigenvalue weighted by atomic mass is 10.1. The van der Waals surface area contributed by atoms with Crippen LogP contribution in [0.5, 0.6) is 5.75 Å². The zero-order valence-electron chi connectivity index (χ0n) is 12.0. The van der Waals surface area contributed by atoms with Gasteiger partial charge in [0.25, 0.3) is 0 Å². The van der Waals surface area contributed by atoms with Crippen LogP contribution in [0, 0.1) is 17.5 Å². The van der Waals surface area contributed by atoms with E-state index in [9.17, 15) is 18.3 Å². The van der Waals surface area contributed by atoms with Crippen LogP contribution in [-0.4, -0.2) is 10.1 Å². The first-order valence-electron chi connectivity index (χ1n) is 7.19. The first-order valence-corrected chi connectivity index (χ1v) is 7.19. The van der Waals surface area contributed by atoms with E-state index in [1.807, 2.05) is 24.3 Å². The lowest BCUT2D eigenvalue weighted by Crippen LogP contribution is -1.90. The summed E-state index contributed by atoms with van der Waals surface area (Å²) in [5.74, 6) is -5.65. The summed E-state index contributed by atoms with van der Waals surface area (Å²) in [5, 5.41) is 10.8. The van der Waals surface area contributed by atoms with Crippen molar-refractivity contribution >= 4 is 43.7 Å². The van der Waals surface area contributed by atoms with Crippen molar-refractivity contribution in [3.63, 3.8) is 0 Å². The fraction of sp³-hybridized carbons (Fsp3) is 0. The molecule has 24 heavy (non-hydrogen) atoms. The summed E-state index contributed by atoms with van der Waals surface area (Å²) in [7, 11) is 0. The van der Waals surface area contributed by atoms with Gasteiger partial charge in [0.2, 0.25) is 11.6 Å². The Bertz CT molecular complexity index is 1300. The van der Waals surface area contributed by atoms with E-state index in [2.05, 4.69) is 4.98 Å². The van der Waals surface area contributed by atoms with Crippen LogP contribution >= 0.6 is 0 Å². The van der Waals surface area contributed by atoms with Crippen molar-refractivity contribution in [3.05, 3.63) is 53.8 Å². The standard InChI is InChI=1S/C18H8F3NO2/c19-13-12-8-5-6-10-11(7-3-1-2-4-9(7)22-10)17(8)24-18(12)15(21)16(23)14(13)20/h1-6,22-23H. The molecule has 0 atom stereocenters. The van der Waals surface area contributed by atoms with Crippen molar-refractivity contribution in [2.75, 3.05) is 0 Å². The second-order valence-corrected chi connectivity index (χ2v) is 5.63. The molecule has 3 nitrogen and oxygen atoms in total. The summed E-state index contributed by atoms with van der Waals surface area (Å²) in [6, 6.07) is 10.7. The fourth-order valence-electron chi connectivity index (χ4n) is 3.28. The lowest BCUT2D eigenvalue weighted by molar-refractivity contribution is 0.378. The Morgan fingerprint density at radius 1 is 0.750 bits per heavy atom. The van der Waals surface area contributed by atoms with Gasteiger partial charge in [-0.1, -0.05) is 18.2 Å². The summed E-state index contributed by atoms with van der Waals surface area (Å²) in [5.41, 5.74) is 1.31. The molecule has 5 rings (SSSR count). The Kier molecular flexibility index (Phi) is 2.34. The third-order valence-electron chi connectivity index (χ3n) is 4.35. The number of fused-ring (bicyclic) bond motifs is 7. The summed E-state index contributed by atoms with van der Waals surface area (Å²) in [6.07, 6.45) is 0. The lowest BCUT2D eigenvalue weighted by Gasteiger charge is -2.00. The highest BCUT2D eigenvalue weighted by molar-refractivity contribution is 6.23. The van der Waals surface area contributed by atoms with Crippen molar-refractivity contribution in [1.82, 2.24) is 4.98 Å². The Morgan fingerprint density at radius 3 is 2.38 bits per heavy atom. The second-order valence-electron chi connectivity index (χ2n) is 5.63. The third-order valence-corrected chi connectivity index (χ3v) is 4.35. The molecule has 2 N–H and O–H groups in total. The van der Waals surface area contributed by atoms with Gasteiger partial charge in [-0.2, -0.15) is 8.78 Å². The molecule has 0 aliphatic rings. The zero-order chi connectivity index (χ0) is 16.6. The number of hydrogen-bond acceptors (Lipinski definition) is 2. The number of H-pyrrole nitrogens is 1. The van der Waals surface area contributed by atoms with E-state index < -0.39 is 28.8 Å². The van der Waals surface area contributed by atoms with Crippen LogP contribution in [0.4, 0.5) is 13.2 Å². The first kappa shape index (κ1) is 13.3. The average Bonchev–Trinajstić information content (AvgIpc) is 3.15. The number of hydrogen-bond donors (Lipinski definition) is 2. The van der Waals surface area contributed by atoms with Gasteiger partial charge >= 0.3 is 0 Å². The van der Waals surface area contributed by atoms with Gasteiger partial charge in [-0.3, -0.25) is 0 Å². The van der Waals surface area contributed by atoms with E-state index in [4.69, 9.17) is 4.42 Å². The molecular weight excluding hydrogens is 319 g/mol. The number of para-hydroxylation sites is 1. The maximum absolute atomic E-state index is 14.3. The monoisotopic (exact) mass is 327 g/mol. The molecule has 0 unspecified atom stereocenters. The van der Waals surface area contributed by atoms with E-state index in [0.717, 1.165) is 16.4 Å². The molecule has 0 radical (unpaired) electrons. The number of aromatic hydroxyl groups is 1. The fourth-order valence-corrected chi connectivity index (χ4v) is 3.28. The number of aromatic nitrogens is 1. The van der Waals surface area contributed by atoms with E-state index in [-0.39, 0.29) is 16.4 Å². The Hall–Kier alpha value is -3.15. The van der Waals surface area contributed by atoms with Crippen LogP contribution in [-0.2, 0) is 0 Å². The summed E-state index contributed by atoms with van der Waals surface area (Å²) < 4.78 is 47.7. The van der Waals surface area contributed by atoms with Crippen LogP contribution in [0.2, 0.25) is 0 Å². The van der Waals surface area contributed by atoms with Gasteiger partial charge in [-0.05, 0) is 18.2 Å². The molecule has 5 aromatic rings. The molecule has 0 aliphatic carbocycles. The Morgan fingerprint density at radius 2 is 1.54 bits per heavy atom. The number of benzene rings is 3. The number of halogens is 3. The molecule has 6 heteroatoms. The van der Waals surface area contributed by atoms with E-state index in [1.54, 1.807) is 6.07 Å². The summed E-state index contributed by atoms with van der Waals surface area (Å²) in [6.45, 7) is 0. The van der Waals surface area contributed by atoms with Gasteiger partial charge in [0.15, 0.2) is 17.1 Å². The van der Waals surface area contributed by atoms with Gasteiger partial charge in [0, 0.05) is 16.3 Å². The van der Waals surface area contributed by atoms with Crippen molar-refractivity contribution in [2.24, 2.45) is 0 Å². The number of nitrogens with one attached hydrogen (secondary N) is 1. The van der Waals surface area contributed by atoms with Crippen molar-refractivity contribution in [3.8, 4) is 5.75 Å². The minimum Gasteiger partial charge on any atom is -0.503 e. The number of rotatable bonds is 0. The Labute approximate surface area is 131 Å². The third kappa shape index (κ3) is 1.43. The van der Waals surface area contributed by atoms with Gasteiger partial charge in [-0.15, -0.1) is 0 Å². The van der Waals surface area contributed by atoms with E-state index >= 15 is 0 Å². The van der Waals surface area contributed by atoms with Gasteiger partial charge in [0.05, 0.1) is 16.3 Å². The summed E-state index contributed by atoms with van der Waals surface area (Å²) in [4.78, 5) is 3.20. The molecule has 3 aromatic carbocycles. The van der Waals surface area contributed by atoms with Crippen LogP contribution in [0.25, 0.3) is 43.7 Å². The largest absolute Gasteiger partial charge is 0.503 e. The smallest absolute Gasteiger partial charge is 0.211 e. The van der Waals surface area contributed by atoms with Crippen LogP contribution in [0.15, 0.2) is 40.8 Å². The molecular formula is C18H8F3NO2. The molecule has 0 bridgehead atoms. The van der Waals surface area contributed by atoms with Gasteiger partial charge in [-0.25, -0.2) is 4.39 Å². The minimum atomic E-state index is -1.62. The van der Waals surface area contributed by atoms with Crippen molar-refractivity contribution < 1.29 is 22.7 Å². The van der Waals surface area contributed by atoms with Crippen LogP contribution < -0.4 is 0 Å². The average molecular weight is 327 g/mol. The molecule has 0 aliphatic heterocycles. The van der Waals surface area contributed by atoms with E-state index in [1.165, 1.54) is 6.07 Å². The molecule has 0 saturated heterocycles. The highest BCUT2D eigenvalue weighted by Crippen LogP contribution is 2.42. The predicted octanol–water partition coefficient (Wildman–Crippen LogP) is 5.34. The number of phenols is 1. The molecule has 0 amide bonds. The predicted molar refractivity (Wildman–Crippen MR) is 84.6 cm³/mol. The minimum absolute atomic E-state index is 0.239. The quantitative estimate of drug-likeness (QED) is 0.377. The maximum atomic E-state index is 14.3. The van der Waals surface area contributed by atoms with Crippen LogP contribution in [0.1, 0.15) is 0 Å². The highest BCUT2D eigenvalue weighted by atomic mass is 19.2. The Balaban J connectivity index is 2.12. The molecule has 0 spiro atoms. The zero-order valence-corrected chi connectivity index (χ0v) is 12.0. The second kappa shape index (κ2) is 4.23. The molecule has 0 fully saturated rings. The van der Waals surface area contributed by atoms with Gasteiger partial charge < -0.3 is 14.5 Å². The highest BCUT2D eigenvalue weighted by Gasteiger charge is 2.26. The van der Waals surface area contributed by atoms with E-state index in [0.29, 0.717) is 5.39 Å². The maximum Gasteiger partial charge on any atom is 0.211 e. The SMILES string of the molecule is Oc1c(F)c(F)c2c(oc3c2ccc2[nH]c4ccccc4c23)c1F. The molecule has 0 saturated carbocycles. The van der Waals surface area contributed by atoms with Crippen molar-refractivity contribution in [1.29, 1.82) is 0 Å². The molecule has 2 heterocycles. The molecule has 118 valence electrons. The van der Waals surface area contributed by atoms with Crippen LogP contribution in [0.3, 0.4) is 0 Å². The molecule has 2 aromatic heterocycles. The topological polar surface area (TPSA) is 49.2 Å². The first-order chi connectivity index (χ1) is 11.6. The normalized spacial score (nSPS) is 12.1. The summed E-state index contributed by atoms with van der Waals surface area (Å²) >= 11 is 0. The van der Waals surface area contributed by atoms with Crippen molar-refractivity contribution in [2.45, 2.75) is 0 Å². The number of aromatic amines is 1. The number of furan rings is 1.